The molecule has 2 N–H and O–H groups in total. The average Bonchev–Trinajstić information content (AvgIpc) is 2.52. The molecular formula is C16H19NO3S. The molecule has 0 saturated heterocycles. The highest BCUT2D eigenvalue weighted by molar-refractivity contribution is 7.85. The zero-order chi connectivity index (χ0) is 15.1. The lowest BCUT2D eigenvalue weighted by Crippen LogP contribution is -2.06. The quantitative estimate of drug-likeness (QED) is 0.631. The Morgan fingerprint density at radius 1 is 1.05 bits per heavy atom. The third kappa shape index (κ3) is 4.23. The molecule has 5 heteroatoms. The fourth-order valence-corrected chi connectivity index (χ4v) is 3.11. The van der Waals surface area contributed by atoms with Gasteiger partial charge in [0.1, 0.15) is 11.5 Å². The van der Waals surface area contributed by atoms with Crippen LogP contribution < -0.4 is 15.2 Å². The number of hydrogen-bond donors (Lipinski definition) is 1. The van der Waals surface area contributed by atoms with Crippen LogP contribution in [0, 0.1) is 0 Å². The standard InChI is InChI=1S/C16H19NO3S/c1-19-15-9-4-5-10-16(15)21(18)12-6-11-20-14-8-3-2-7-13(14)17/h2-5,7-10H,6,11-12,17H2,1H3. The lowest BCUT2D eigenvalue weighted by atomic mass is 10.3. The van der Waals surface area contributed by atoms with Crippen molar-refractivity contribution in [2.24, 2.45) is 0 Å². The van der Waals surface area contributed by atoms with Gasteiger partial charge in [0.05, 0.1) is 35.1 Å². The first-order valence-corrected chi connectivity index (χ1v) is 8.03. The molecule has 2 aromatic carbocycles. The van der Waals surface area contributed by atoms with Crippen LogP contribution in [-0.4, -0.2) is 23.7 Å². The highest BCUT2D eigenvalue weighted by atomic mass is 32.2. The zero-order valence-electron chi connectivity index (χ0n) is 12.0. The van der Waals surface area contributed by atoms with Gasteiger partial charge in [0.2, 0.25) is 0 Å². The molecule has 0 radical (unpaired) electrons. The lowest BCUT2D eigenvalue weighted by Gasteiger charge is -2.09. The monoisotopic (exact) mass is 305 g/mol. The largest absolute Gasteiger partial charge is 0.495 e. The number of rotatable bonds is 7. The molecule has 0 aliphatic heterocycles. The molecule has 0 spiro atoms. The summed E-state index contributed by atoms with van der Waals surface area (Å²) in [7, 11) is 0.486. The maximum absolute atomic E-state index is 12.3. The van der Waals surface area contributed by atoms with Gasteiger partial charge >= 0.3 is 0 Å². The van der Waals surface area contributed by atoms with E-state index >= 15 is 0 Å². The van der Waals surface area contributed by atoms with Crippen LogP contribution in [0.2, 0.25) is 0 Å². The van der Waals surface area contributed by atoms with E-state index < -0.39 is 10.8 Å². The Bertz CT molecular complexity index is 616. The SMILES string of the molecule is COc1ccccc1S(=O)CCCOc1ccccc1N. The van der Waals surface area contributed by atoms with Crippen LogP contribution in [0.5, 0.6) is 11.5 Å². The summed E-state index contributed by atoms with van der Waals surface area (Å²) in [5.41, 5.74) is 6.40. The third-order valence-electron chi connectivity index (χ3n) is 2.97. The predicted octanol–water partition coefficient (Wildman–Crippen LogP) is 2.85. The number of nitrogen functional groups attached to an aromatic ring is 1. The zero-order valence-corrected chi connectivity index (χ0v) is 12.8. The second kappa shape index (κ2) is 7.69. The summed E-state index contributed by atoms with van der Waals surface area (Å²) in [5, 5.41) is 0. The van der Waals surface area contributed by atoms with Crippen molar-refractivity contribution in [2.45, 2.75) is 11.3 Å². The highest BCUT2D eigenvalue weighted by Crippen LogP contribution is 2.22. The molecule has 0 heterocycles. The van der Waals surface area contributed by atoms with Gasteiger partial charge in [0.15, 0.2) is 0 Å². The minimum atomic E-state index is -1.09. The van der Waals surface area contributed by atoms with Crippen LogP contribution in [0.4, 0.5) is 5.69 Å². The van der Waals surface area contributed by atoms with E-state index in [1.165, 1.54) is 0 Å². The van der Waals surface area contributed by atoms with E-state index in [-0.39, 0.29) is 0 Å². The lowest BCUT2D eigenvalue weighted by molar-refractivity contribution is 0.320. The summed E-state index contributed by atoms with van der Waals surface area (Å²) < 4.78 is 23.1. The van der Waals surface area contributed by atoms with Gasteiger partial charge in [-0.25, -0.2) is 0 Å². The number of ether oxygens (including phenoxy) is 2. The van der Waals surface area contributed by atoms with Crippen LogP contribution in [0.25, 0.3) is 0 Å². The van der Waals surface area contributed by atoms with Gasteiger partial charge in [0, 0.05) is 5.75 Å². The first-order valence-electron chi connectivity index (χ1n) is 6.71. The summed E-state index contributed by atoms with van der Waals surface area (Å²) in [6.45, 7) is 0.481. The summed E-state index contributed by atoms with van der Waals surface area (Å²) in [5.74, 6) is 1.84. The van der Waals surface area contributed by atoms with Gasteiger partial charge in [-0.05, 0) is 30.7 Å². The van der Waals surface area contributed by atoms with E-state index in [0.29, 0.717) is 36.0 Å². The number of nitrogens with two attached hydrogens (primary N) is 1. The van der Waals surface area contributed by atoms with Crippen molar-refractivity contribution < 1.29 is 13.7 Å². The highest BCUT2D eigenvalue weighted by Gasteiger charge is 2.09. The van der Waals surface area contributed by atoms with Gasteiger partial charge in [0.25, 0.3) is 0 Å². The van der Waals surface area contributed by atoms with Crippen molar-refractivity contribution in [3.05, 3.63) is 48.5 Å². The van der Waals surface area contributed by atoms with Gasteiger partial charge in [-0.1, -0.05) is 24.3 Å². The molecule has 1 unspecified atom stereocenters. The van der Waals surface area contributed by atoms with Crippen molar-refractivity contribution in [1.29, 1.82) is 0 Å². The van der Waals surface area contributed by atoms with E-state index in [2.05, 4.69) is 0 Å². The molecule has 0 aliphatic carbocycles. The topological polar surface area (TPSA) is 61.5 Å². The Hall–Kier alpha value is -2.01. The van der Waals surface area contributed by atoms with Crippen molar-refractivity contribution in [1.82, 2.24) is 0 Å². The van der Waals surface area contributed by atoms with Crippen LogP contribution in [0.1, 0.15) is 6.42 Å². The van der Waals surface area contributed by atoms with E-state index in [4.69, 9.17) is 15.2 Å². The average molecular weight is 305 g/mol. The minimum absolute atomic E-state index is 0.481. The first kappa shape index (κ1) is 15.4. The fraction of sp³-hybridized carbons (Fsp3) is 0.250. The summed E-state index contributed by atoms with van der Waals surface area (Å²) in [6, 6.07) is 14.7. The molecule has 1 atom stereocenters. The Labute approximate surface area is 127 Å². The van der Waals surface area contributed by atoms with Gasteiger partial charge in [-0.3, -0.25) is 4.21 Å². The van der Waals surface area contributed by atoms with Crippen LogP contribution in [0.3, 0.4) is 0 Å². The van der Waals surface area contributed by atoms with Crippen LogP contribution >= 0.6 is 0 Å². The van der Waals surface area contributed by atoms with E-state index in [0.717, 1.165) is 4.90 Å². The molecule has 0 bridgehead atoms. The molecule has 0 aromatic heterocycles. The number of para-hydroxylation sites is 3. The Balaban J connectivity index is 1.83. The molecule has 0 aliphatic rings. The summed E-state index contributed by atoms with van der Waals surface area (Å²) in [4.78, 5) is 0.722. The Kier molecular flexibility index (Phi) is 5.63. The number of hydrogen-bond acceptors (Lipinski definition) is 4. The van der Waals surface area contributed by atoms with Crippen molar-refractivity contribution >= 4 is 16.5 Å². The van der Waals surface area contributed by atoms with Gasteiger partial charge < -0.3 is 15.2 Å². The van der Waals surface area contributed by atoms with E-state index in [1.807, 2.05) is 42.5 Å². The maximum Gasteiger partial charge on any atom is 0.142 e. The van der Waals surface area contributed by atoms with Crippen molar-refractivity contribution in [3.63, 3.8) is 0 Å². The van der Waals surface area contributed by atoms with Crippen LogP contribution in [0.15, 0.2) is 53.4 Å². The van der Waals surface area contributed by atoms with Gasteiger partial charge in [-0.2, -0.15) is 0 Å². The molecule has 0 saturated carbocycles. The van der Waals surface area contributed by atoms with Crippen molar-refractivity contribution in [2.75, 3.05) is 25.2 Å². The molecular weight excluding hydrogens is 286 g/mol. The van der Waals surface area contributed by atoms with Gasteiger partial charge in [-0.15, -0.1) is 0 Å². The minimum Gasteiger partial charge on any atom is -0.495 e. The molecule has 2 rings (SSSR count). The number of benzene rings is 2. The second-order valence-corrected chi connectivity index (χ2v) is 5.98. The summed E-state index contributed by atoms with van der Waals surface area (Å²) in [6.07, 6.45) is 0.680. The molecule has 4 nitrogen and oxygen atoms in total. The number of methoxy groups -OCH3 is 1. The molecule has 21 heavy (non-hydrogen) atoms. The van der Waals surface area contributed by atoms with E-state index in [1.54, 1.807) is 13.2 Å². The van der Waals surface area contributed by atoms with E-state index in [9.17, 15) is 4.21 Å². The van der Waals surface area contributed by atoms with Crippen LogP contribution in [-0.2, 0) is 10.8 Å². The smallest absolute Gasteiger partial charge is 0.142 e. The molecule has 112 valence electrons. The Morgan fingerprint density at radius 2 is 1.71 bits per heavy atom. The molecule has 0 amide bonds. The summed E-state index contributed by atoms with van der Waals surface area (Å²) >= 11 is 0. The maximum atomic E-state index is 12.3. The van der Waals surface area contributed by atoms with Crippen molar-refractivity contribution in [3.8, 4) is 11.5 Å². The number of anilines is 1. The fourth-order valence-electron chi connectivity index (χ4n) is 1.90. The molecule has 0 fully saturated rings. The Morgan fingerprint density at radius 3 is 2.43 bits per heavy atom. The second-order valence-electron chi connectivity index (χ2n) is 4.44. The molecule has 2 aromatic rings. The first-order chi connectivity index (χ1) is 10.2. The normalized spacial score (nSPS) is 11.9. The predicted molar refractivity (Wildman–Crippen MR) is 85.2 cm³/mol. The third-order valence-corrected chi connectivity index (χ3v) is 4.45.